The molecule has 0 fully saturated rings. The van der Waals surface area contributed by atoms with Gasteiger partial charge in [-0.2, -0.15) is 0 Å². The first kappa shape index (κ1) is 24.3. The van der Waals surface area contributed by atoms with Crippen molar-refractivity contribution in [1.82, 2.24) is 0 Å². The number of methoxy groups -OCH3 is 1. The predicted octanol–water partition coefficient (Wildman–Crippen LogP) is 5.58. The maximum atomic E-state index is 13.4. The number of hydrogen-bond donors (Lipinski definition) is 0. The zero-order valence-corrected chi connectivity index (χ0v) is 20.7. The van der Waals surface area contributed by atoms with Crippen LogP contribution >= 0.6 is 22.6 Å². The van der Waals surface area contributed by atoms with Crippen molar-refractivity contribution in [3.63, 3.8) is 0 Å². The molecule has 0 spiro atoms. The van der Waals surface area contributed by atoms with Gasteiger partial charge in [-0.3, -0.25) is 10.1 Å². The van der Waals surface area contributed by atoms with Crippen molar-refractivity contribution in [1.29, 1.82) is 0 Å². The largest absolute Gasteiger partial charge is 0.493 e. The van der Waals surface area contributed by atoms with Gasteiger partial charge in [-0.25, -0.2) is 14.2 Å². The van der Waals surface area contributed by atoms with Crippen molar-refractivity contribution < 1.29 is 28.3 Å². The first-order chi connectivity index (χ1) is 16.7. The van der Waals surface area contributed by atoms with Crippen molar-refractivity contribution in [3.8, 4) is 11.5 Å². The van der Waals surface area contributed by atoms with E-state index in [-0.39, 0.29) is 29.7 Å². The third kappa shape index (κ3) is 5.48. The van der Waals surface area contributed by atoms with Gasteiger partial charge in [-0.05, 0) is 83.1 Å². The first-order valence-corrected chi connectivity index (χ1v) is 11.4. The minimum Gasteiger partial charge on any atom is -0.493 e. The zero-order valence-electron chi connectivity index (χ0n) is 18.6. The number of aryl methyl sites for hydroxylation is 1. The number of carbonyl (C=O) groups excluding carboxylic acids is 1. The van der Waals surface area contributed by atoms with E-state index in [0.717, 1.165) is 0 Å². The molecule has 0 N–H and O–H groups in total. The second-order valence-corrected chi connectivity index (χ2v) is 8.71. The van der Waals surface area contributed by atoms with Crippen LogP contribution < -0.4 is 9.47 Å². The lowest BCUT2D eigenvalue weighted by atomic mass is 10.1. The molecule has 0 amide bonds. The molecule has 0 aliphatic carbocycles. The Morgan fingerprint density at radius 1 is 1.20 bits per heavy atom. The molecule has 1 aliphatic rings. The normalized spacial score (nSPS) is 14.0. The molecule has 178 valence electrons. The highest BCUT2D eigenvalue weighted by atomic mass is 127. The van der Waals surface area contributed by atoms with E-state index in [1.54, 1.807) is 43.3 Å². The number of cyclic esters (lactones) is 1. The minimum absolute atomic E-state index is 0.0317. The lowest BCUT2D eigenvalue weighted by molar-refractivity contribution is -0.385. The molecular formula is C25H18FIN2O6. The topological polar surface area (TPSA) is 100 Å². The molecule has 4 rings (SSSR count). The Bertz CT molecular complexity index is 1400. The summed E-state index contributed by atoms with van der Waals surface area (Å²) in [6.45, 7) is 1.75. The molecule has 3 aromatic rings. The molecule has 8 nitrogen and oxygen atoms in total. The number of nitro groups is 1. The van der Waals surface area contributed by atoms with Gasteiger partial charge in [0.15, 0.2) is 17.2 Å². The van der Waals surface area contributed by atoms with Gasteiger partial charge >= 0.3 is 5.97 Å². The number of nitro benzene ring substituents is 1. The van der Waals surface area contributed by atoms with Gasteiger partial charge in [0.05, 0.1) is 15.6 Å². The van der Waals surface area contributed by atoms with Crippen LogP contribution in [-0.4, -0.2) is 23.9 Å². The Balaban J connectivity index is 1.59. The van der Waals surface area contributed by atoms with Gasteiger partial charge < -0.3 is 14.2 Å². The fraction of sp³-hybridized carbons (Fsp3) is 0.120. The van der Waals surface area contributed by atoms with Crippen molar-refractivity contribution >= 4 is 46.2 Å². The van der Waals surface area contributed by atoms with Gasteiger partial charge in [0.25, 0.3) is 5.69 Å². The molecule has 3 aromatic carbocycles. The van der Waals surface area contributed by atoms with Crippen LogP contribution in [0.15, 0.2) is 65.3 Å². The molecule has 0 unspecified atom stereocenters. The molecule has 0 atom stereocenters. The minimum atomic E-state index is -0.642. The van der Waals surface area contributed by atoms with Gasteiger partial charge in [-0.1, -0.05) is 12.1 Å². The molecule has 1 heterocycles. The highest BCUT2D eigenvalue weighted by molar-refractivity contribution is 14.1. The zero-order chi connectivity index (χ0) is 25.1. The third-order valence-electron chi connectivity index (χ3n) is 5.09. The Hall–Kier alpha value is -3.80. The van der Waals surface area contributed by atoms with Crippen LogP contribution in [-0.2, 0) is 16.1 Å². The summed E-state index contributed by atoms with van der Waals surface area (Å²) in [4.78, 5) is 27.2. The standard InChI is InChI=1S/C25H18FIN2O6/c1-14-8-17(6-7-21(14)29(31)32)24-28-20(25(30)35-24)11-16-10-19(27)23(22(12-16)33-2)34-13-15-4-3-5-18(26)9-15/h3-12H,13H2,1-2H3/b20-11-. The molecule has 0 saturated heterocycles. The molecule has 0 bridgehead atoms. The number of esters is 1. The molecular weight excluding hydrogens is 570 g/mol. The third-order valence-corrected chi connectivity index (χ3v) is 5.89. The number of benzene rings is 3. The van der Waals surface area contributed by atoms with Gasteiger partial charge in [0.1, 0.15) is 12.4 Å². The Morgan fingerprint density at radius 3 is 2.69 bits per heavy atom. The van der Waals surface area contributed by atoms with E-state index in [1.807, 2.05) is 0 Å². The number of ether oxygens (including phenoxy) is 3. The second kappa shape index (κ2) is 10.2. The van der Waals surface area contributed by atoms with Crippen molar-refractivity contribution in [2.24, 2.45) is 4.99 Å². The molecule has 10 heteroatoms. The first-order valence-electron chi connectivity index (χ1n) is 10.3. The highest BCUT2D eigenvalue weighted by Crippen LogP contribution is 2.35. The Morgan fingerprint density at radius 2 is 2.00 bits per heavy atom. The Labute approximate surface area is 213 Å². The van der Waals surface area contributed by atoms with Crippen LogP contribution in [0.25, 0.3) is 6.08 Å². The van der Waals surface area contributed by atoms with E-state index in [1.165, 1.54) is 31.4 Å². The molecule has 0 aromatic heterocycles. The van der Waals surface area contributed by atoms with Crippen molar-refractivity contribution in [2.75, 3.05) is 7.11 Å². The van der Waals surface area contributed by atoms with Crippen LogP contribution in [0, 0.1) is 26.4 Å². The molecule has 1 aliphatic heterocycles. The number of carbonyl (C=O) groups is 1. The number of hydrogen-bond acceptors (Lipinski definition) is 7. The van der Waals surface area contributed by atoms with Gasteiger partial charge in [0, 0.05) is 17.2 Å². The van der Waals surface area contributed by atoms with Crippen LogP contribution in [0.2, 0.25) is 0 Å². The van der Waals surface area contributed by atoms with E-state index < -0.39 is 10.9 Å². The summed E-state index contributed by atoms with van der Waals surface area (Å²) in [5, 5.41) is 11.0. The van der Waals surface area contributed by atoms with Gasteiger partial charge in [-0.15, -0.1) is 0 Å². The molecule has 35 heavy (non-hydrogen) atoms. The average Bonchev–Trinajstić information content (AvgIpc) is 3.17. The summed E-state index contributed by atoms with van der Waals surface area (Å²) in [6.07, 6.45) is 1.55. The lowest BCUT2D eigenvalue weighted by Crippen LogP contribution is -2.06. The second-order valence-electron chi connectivity index (χ2n) is 7.55. The quantitative estimate of drug-likeness (QED) is 0.118. The number of halogens is 2. The summed E-state index contributed by atoms with van der Waals surface area (Å²) in [7, 11) is 1.49. The van der Waals surface area contributed by atoms with E-state index in [9.17, 15) is 19.3 Å². The van der Waals surface area contributed by atoms with E-state index >= 15 is 0 Å². The molecule has 0 radical (unpaired) electrons. The molecule has 0 saturated carbocycles. The monoisotopic (exact) mass is 588 g/mol. The van der Waals surface area contributed by atoms with Crippen molar-refractivity contribution in [3.05, 3.63) is 102 Å². The summed E-state index contributed by atoms with van der Waals surface area (Å²) >= 11 is 2.09. The maximum absolute atomic E-state index is 13.4. The van der Waals surface area contributed by atoms with Gasteiger partial charge in [0.2, 0.25) is 5.90 Å². The van der Waals surface area contributed by atoms with Crippen molar-refractivity contribution in [2.45, 2.75) is 13.5 Å². The SMILES string of the molecule is COc1cc(/C=C2\N=C(c3ccc([N+](=O)[O-])c(C)c3)OC2=O)cc(I)c1OCc1cccc(F)c1. The van der Waals surface area contributed by atoms with E-state index in [4.69, 9.17) is 14.2 Å². The highest BCUT2D eigenvalue weighted by Gasteiger charge is 2.25. The average molecular weight is 588 g/mol. The summed E-state index contributed by atoms with van der Waals surface area (Å²) < 4.78 is 30.8. The number of nitrogens with zero attached hydrogens (tertiary/aromatic N) is 2. The lowest BCUT2D eigenvalue weighted by Gasteiger charge is -2.14. The smallest absolute Gasteiger partial charge is 0.363 e. The van der Waals surface area contributed by atoms with Crippen LogP contribution in [0.3, 0.4) is 0 Å². The predicted molar refractivity (Wildman–Crippen MR) is 135 cm³/mol. The summed E-state index contributed by atoms with van der Waals surface area (Å²) in [6, 6.07) is 14.0. The van der Waals surface area contributed by atoms with Crippen LogP contribution in [0.5, 0.6) is 11.5 Å². The maximum Gasteiger partial charge on any atom is 0.363 e. The van der Waals surface area contributed by atoms with E-state index in [2.05, 4.69) is 27.6 Å². The Kier molecular flexibility index (Phi) is 7.10. The number of aliphatic imine (C=N–C) groups is 1. The summed E-state index contributed by atoms with van der Waals surface area (Å²) in [5.74, 6) is -0.00451. The van der Waals surface area contributed by atoms with Crippen LogP contribution in [0.1, 0.15) is 22.3 Å². The summed E-state index contributed by atoms with van der Waals surface area (Å²) in [5.41, 5.74) is 2.22. The fourth-order valence-electron chi connectivity index (χ4n) is 3.43. The fourth-order valence-corrected chi connectivity index (χ4v) is 4.21. The van der Waals surface area contributed by atoms with E-state index in [0.29, 0.717) is 37.3 Å². The van der Waals surface area contributed by atoms with Crippen LogP contribution in [0.4, 0.5) is 10.1 Å². The number of rotatable bonds is 7.